The van der Waals surface area contributed by atoms with Gasteiger partial charge in [0.2, 0.25) is 0 Å². The van der Waals surface area contributed by atoms with Crippen molar-refractivity contribution < 1.29 is 8.42 Å². The van der Waals surface area contributed by atoms with Gasteiger partial charge >= 0.3 is 0 Å². The van der Waals surface area contributed by atoms with Gasteiger partial charge in [-0.05, 0) is 32.5 Å². The minimum atomic E-state index is -3.28. The van der Waals surface area contributed by atoms with Crippen LogP contribution in [0.3, 0.4) is 0 Å². The molecule has 1 N–H and O–H groups in total. The third-order valence-corrected chi connectivity index (χ3v) is 6.33. The molecule has 112 valence electrons. The normalized spacial score (nSPS) is 25.0. The zero-order valence-corrected chi connectivity index (χ0v) is 12.8. The first-order valence-electron chi connectivity index (χ1n) is 7.22. The summed E-state index contributed by atoms with van der Waals surface area (Å²) in [6.45, 7) is 7.89. The highest BCUT2D eigenvalue weighted by Gasteiger charge is 2.34. The molecule has 0 aliphatic carbocycles. The molecule has 19 heavy (non-hydrogen) atoms. The number of piperazine rings is 1. The van der Waals surface area contributed by atoms with Crippen molar-refractivity contribution in [1.82, 2.24) is 18.8 Å². The second-order valence-corrected chi connectivity index (χ2v) is 7.33. The van der Waals surface area contributed by atoms with Crippen molar-refractivity contribution in [3.05, 3.63) is 0 Å². The Morgan fingerprint density at radius 1 is 1.16 bits per heavy atom. The quantitative estimate of drug-likeness (QED) is 0.762. The van der Waals surface area contributed by atoms with Gasteiger partial charge in [-0.3, -0.25) is 0 Å². The van der Waals surface area contributed by atoms with Gasteiger partial charge in [0.1, 0.15) is 0 Å². The summed E-state index contributed by atoms with van der Waals surface area (Å²) in [5.74, 6) is 0. The van der Waals surface area contributed by atoms with Crippen LogP contribution in [0.15, 0.2) is 0 Å². The molecule has 0 unspecified atom stereocenters. The molecule has 0 aromatic carbocycles. The van der Waals surface area contributed by atoms with E-state index in [0.29, 0.717) is 13.1 Å². The summed E-state index contributed by atoms with van der Waals surface area (Å²) in [7, 11) is -1.54. The van der Waals surface area contributed by atoms with Crippen molar-refractivity contribution in [2.75, 3.05) is 52.9 Å². The lowest BCUT2D eigenvalue weighted by atomic mass is 10.1. The van der Waals surface area contributed by atoms with Crippen LogP contribution in [0.5, 0.6) is 0 Å². The molecule has 2 fully saturated rings. The van der Waals surface area contributed by atoms with Crippen molar-refractivity contribution in [1.29, 1.82) is 0 Å². The van der Waals surface area contributed by atoms with Crippen LogP contribution in [0.2, 0.25) is 0 Å². The molecule has 2 saturated heterocycles. The number of nitrogens with zero attached hydrogens (tertiary/aromatic N) is 3. The molecular weight excluding hydrogens is 264 g/mol. The van der Waals surface area contributed by atoms with Gasteiger partial charge in [-0.1, -0.05) is 6.92 Å². The zero-order valence-electron chi connectivity index (χ0n) is 12.0. The SMILES string of the molecule is CCN1CCC(N(C)S(=O)(=O)N2CCNCC2)CC1. The highest BCUT2D eigenvalue weighted by molar-refractivity contribution is 7.86. The summed E-state index contributed by atoms with van der Waals surface area (Å²) in [5.41, 5.74) is 0. The zero-order chi connectivity index (χ0) is 13.9. The molecule has 7 heteroatoms. The Morgan fingerprint density at radius 2 is 1.74 bits per heavy atom. The van der Waals surface area contributed by atoms with E-state index in [0.717, 1.165) is 45.6 Å². The van der Waals surface area contributed by atoms with Crippen molar-refractivity contribution in [3.63, 3.8) is 0 Å². The van der Waals surface area contributed by atoms with Crippen LogP contribution < -0.4 is 5.32 Å². The Hall–Kier alpha value is -0.210. The minimum Gasteiger partial charge on any atom is -0.314 e. The van der Waals surface area contributed by atoms with Gasteiger partial charge in [-0.2, -0.15) is 17.0 Å². The molecule has 0 spiro atoms. The van der Waals surface area contributed by atoms with Crippen LogP contribution in [-0.4, -0.2) is 80.8 Å². The molecule has 0 bridgehead atoms. The summed E-state index contributed by atoms with van der Waals surface area (Å²) in [4.78, 5) is 2.38. The molecule has 0 amide bonds. The molecule has 0 radical (unpaired) electrons. The predicted octanol–water partition coefficient (Wildman–Crippen LogP) is -0.447. The monoisotopic (exact) mass is 290 g/mol. The number of rotatable bonds is 4. The van der Waals surface area contributed by atoms with Gasteiger partial charge in [0.25, 0.3) is 10.2 Å². The Bertz CT molecular complexity index is 373. The summed E-state index contributed by atoms with van der Waals surface area (Å²) >= 11 is 0. The fourth-order valence-corrected chi connectivity index (χ4v) is 4.44. The van der Waals surface area contributed by atoms with E-state index in [1.165, 1.54) is 0 Å². The average molecular weight is 290 g/mol. The number of nitrogens with one attached hydrogen (secondary N) is 1. The standard InChI is InChI=1S/C12H26N4O2S/c1-3-15-8-4-12(5-9-15)14(2)19(17,18)16-10-6-13-7-11-16/h12-13H,3-11H2,1-2H3. The predicted molar refractivity (Wildman–Crippen MR) is 76.3 cm³/mol. The third-order valence-electron chi connectivity index (χ3n) is 4.28. The summed E-state index contributed by atoms with van der Waals surface area (Å²) in [6.07, 6.45) is 1.88. The van der Waals surface area contributed by atoms with E-state index in [1.54, 1.807) is 15.7 Å². The van der Waals surface area contributed by atoms with E-state index in [1.807, 2.05) is 0 Å². The second kappa shape index (κ2) is 6.49. The molecule has 2 aliphatic heterocycles. The summed E-state index contributed by atoms with van der Waals surface area (Å²) < 4.78 is 28.3. The smallest absolute Gasteiger partial charge is 0.282 e. The molecule has 0 aromatic heterocycles. The summed E-state index contributed by atoms with van der Waals surface area (Å²) in [5, 5.41) is 3.19. The van der Waals surface area contributed by atoms with E-state index in [9.17, 15) is 8.42 Å². The van der Waals surface area contributed by atoms with E-state index < -0.39 is 10.2 Å². The average Bonchev–Trinajstić information content (AvgIpc) is 2.47. The maximum Gasteiger partial charge on any atom is 0.282 e. The van der Waals surface area contributed by atoms with Crippen LogP contribution in [0.4, 0.5) is 0 Å². The molecule has 0 atom stereocenters. The van der Waals surface area contributed by atoms with Crippen LogP contribution in [0, 0.1) is 0 Å². The minimum absolute atomic E-state index is 0.155. The van der Waals surface area contributed by atoms with Crippen LogP contribution in [0.25, 0.3) is 0 Å². The lowest BCUT2D eigenvalue weighted by molar-refractivity contribution is 0.170. The van der Waals surface area contributed by atoms with Gasteiger partial charge in [-0.15, -0.1) is 0 Å². The Kier molecular flexibility index (Phi) is 5.19. The third kappa shape index (κ3) is 3.46. The lowest BCUT2D eigenvalue weighted by Gasteiger charge is -2.38. The number of likely N-dealkylation sites (tertiary alicyclic amines) is 1. The fourth-order valence-electron chi connectivity index (χ4n) is 2.84. The molecule has 6 nitrogen and oxygen atoms in total. The largest absolute Gasteiger partial charge is 0.314 e. The van der Waals surface area contributed by atoms with Gasteiger partial charge in [0.15, 0.2) is 0 Å². The van der Waals surface area contributed by atoms with E-state index in [2.05, 4.69) is 17.1 Å². The first-order valence-corrected chi connectivity index (χ1v) is 8.61. The fraction of sp³-hybridized carbons (Fsp3) is 1.00. The molecule has 0 saturated carbocycles. The van der Waals surface area contributed by atoms with Gasteiger partial charge in [-0.25, -0.2) is 0 Å². The topological polar surface area (TPSA) is 55.9 Å². The number of hydrogen-bond donors (Lipinski definition) is 1. The van der Waals surface area contributed by atoms with Gasteiger partial charge in [0.05, 0.1) is 0 Å². The van der Waals surface area contributed by atoms with Gasteiger partial charge < -0.3 is 10.2 Å². The van der Waals surface area contributed by atoms with Crippen LogP contribution >= 0.6 is 0 Å². The van der Waals surface area contributed by atoms with E-state index in [-0.39, 0.29) is 6.04 Å². The first kappa shape index (κ1) is 15.2. The highest BCUT2D eigenvalue weighted by Crippen LogP contribution is 2.20. The lowest BCUT2D eigenvalue weighted by Crippen LogP contribution is -2.54. The van der Waals surface area contributed by atoms with Crippen molar-refractivity contribution in [2.45, 2.75) is 25.8 Å². The molecule has 2 aliphatic rings. The maximum absolute atomic E-state index is 12.5. The van der Waals surface area contributed by atoms with Gasteiger partial charge in [0, 0.05) is 39.3 Å². The van der Waals surface area contributed by atoms with Crippen LogP contribution in [0.1, 0.15) is 19.8 Å². The summed E-state index contributed by atoms with van der Waals surface area (Å²) in [6, 6.07) is 0.155. The number of piperidine rings is 1. The van der Waals surface area contributed by atoms with Crippen molar-refractivity contribution >= 4 is 10.2 Å². The Morgan fingerprint density at radius 3 is 2.26 bits per heavy atom. The highest BCUT2D eigenvalue weighted by atomic mass is 32.2. The Balaban J connectivity index is 1.96. The van der Waals surface area contributed by atoms with E-state index in [4.69, 9.17) is 0 Å². The maximum atomic E-state index is 12.5. The Labute approximate surface area is 116 Å². The first-order chi connectivity index (χ1) is 9.05. The molecule has 2 heterocycles. The van der Waals surface area contributed by atoms with Crippen molar-refractivity contribution in [3.8, 4) is 0 Å². The molecular formula is C12H26N4O2S. The second-order valence-electron chi connectivity index (χ2n) is 5.34. The van der Waals surface area contributed by atoms with E-state index >= 15 is 0 Å². The molecule has 2 rings (SSSR count). The van der Waals surface area contributed by atoms with Crippen molar-refractivity contribution in [2.24, 2.45) is 0 Å². The van der Waals surface area contributed by atoms with Crippen LogP contribution in [-0.2, 0) is 10.2 Å². The molecule has 0 aromatic rings. The number of hydrogen-bond acceptors (Lipinski definition) is 4.